The molecular formula is C18H21NO2S. The van der Waals surface area contributed by atoms with E-state index in [9.17, 15) is 4.79 Å². The summed E-state index contributed by atoms with van der Waals surface area (Å²) in [6.07, 6.45) is 6.06. The number of benzene rings is 1. The van der Waals surface area contributed by atoms with Gasteiger partial charge in [-0.3, -0.25) is 4.79 Å². The monoisotopic (exact) mass is 315 g/mol. The van der Waals surface area contributed by atoms with Crippen molar-refractivity contribution in [1.82, 2.24) is 4.57 Å². The first-order valence-electron chi connectivity index (χ1n) is 7.20. The van der Waals surface area contributed by atoms with Crippen LogP contribution in [0.2, 0.25) is 0 Å². The third-order valence-electron chi connectivity index (χ3n) is 3.29. The standard InChI is InChI=1S/C18H21NO2S/c1-14-11-17(20)12-15(2)19(14)8-7-16-5-4-6-18(13-16)21-9-10-22-3/h4-8,11-13H,9-10H2,1-3H3/b8-7+. The van der Waals surface area contributed by atoms with Crippen molar-refractivity contribution in [3.05, 3.63) is 63.6 Å². The molecule has 1 heterocycles. The molecule has 0 unspecified atom stereocenters. The Morgan fingerprint density at radius 3 is 2.59 bits per heavy atom. The molecule has 0 aliphatic rings. The maximum absolute atomic E-state index is 11.5. The predicted molar refractivity (Wildman–Crippen MR) is 95.7 cm³/mol. The van der Waals surface area contributed by atoms with Gasteiger partial charge in [-0.1, -0.05) is 12.1 Å². The number of hydrogen-bond acceptors (Lipinski definition) is 3. The summed E-state index contributed by atoms with van der Waals surface area (Å²) < 4.78 is 7.70. The smallest absolute Gasteiger partial charge is 0.182 e. The maximum Gasteiger partial charge on any atom is 0.182 e. The Labute approximate surface area is 135 Å². The second-order valence-corrected chi connectivity index (χ2v) is 6.06. The highest BCUT2D eigenvalue weighted by atomic mass is 32.2. The lowest BCUT2D eigenvalue weighted by molar-refractivity contribution is 0.344. The Hall–Kier alpha value is -1.94. The van der Waals surface area contributed by atoms with Gasteiger partial charge in [0, 0.05) is 35.5 Å². The van der Waals surface area contributed by atoms with Crippen molar-refractivity contribution in [1.29, 1.82) is 0 Å². The van der Waals surface area contributed by atoms with Crippen LogP contribution in [0.5, 0.6) is 5.75 Å². The molecule has 22 heavy (non-hydrogen) atoms. The van der Waals surface area contributed by atoms with E-state index in [-0.39, 0.29) is 5.43 Å². The van der Waals surface area contributed by atoms with Gasteiger partial charge in [0.1, 0.15) is 5.75 Å². The van der Waals surface area contributed by atoms with Gasteiger partial charge in [0.15, 0.2) is 5.43 Å². The molecular weight excluding hydrogens is 294 g/mol. The van der Waals surface area contributed by atoms with Gasteiger partial charge in [0.2, 0.25) is 0 Å². The number of ether oxygens (including phenoxy) is 1. The molecule has 0 aliphatic heterocycles. The average Bonchev–Trinajstić information content (AvgIpc) is 2.47. The van der Waals surface area contributed by atoms with Gasteiger partial charge < -0.3 is 9.30 Å². The molecule has 3 nitrogen and oxygen atoms in total. The number of hydrogen-bond donors (Lipinski definition) is 0. The zero-order chi connectivity index (χ0) is 15.9. The molecule has 1 aromatic carbocycles. The van der Waals surface area contributed by atoms with Crippen molar-refractivity contribution in [2.75, 3.05) is 18.6 Å². The lowest BCUT2D eigenvalue weighted by Gasteiger charge is -2.09. The first kappa shape index (κ1) is 16.4. The Bertz CT molecular complexity index is 693. The summed E-state index contributed by atoms with van der Waals surface area (Å²) in [5.41, 5.74) is 2.96. The Morgan fingerprint density at radius 1 is 1.18 bits per heavy atom. The van der Waals surface area contributed by atoms with Gasteiger partial charge in [-0.2, -0.15) is 11.8 Å². The summed E-state index contributed by atoms with van der Waals surface area (Å²) in [6, 6.07) is 11.3. The first-order valence-corrected chi connectivity index (χ1v) is 8.59. The Morgan fingerprint density at radius 2 is 1.91 bits per heavy atom. The highest BCUT2D eigenvalue weighted by Gasteiger charge is 1.99. The molecule has 2 aromatic rings. The minimum atomic E-state index is 0.0452. The van der Waals surface area contributed by atoms with Crippen molar-refractivity contribution in [3.8, 4) is 5.75 Å². The van der Waals surface area contributed by atoms with E-state index in [0.29, 0.717) is 6.61 Å². The minimum absolute atomic E-state index is 0.0452. The molecule has 0 amide bonds. The molecule has 0 radical (unpaired) electrons. The number of nitrogens with zero attached hydrogens (tertiary/aromatic N) is 1. The van der Waals surface area contributed by atoms with Crippen molar-refractivity contribution in [3.63, 3.8) is 0 Å². The molecule has 116 valence electrons. The van der Waals surface area contributed by atoms with E-state index < -0.39 is 0 Å². The van der Waals surface area contributed by atoms with Gasteiger partial charge in [-0.25, -0.2) is 0 Å². The number of thioether (sulfide) groups is 1. The molecule has 0 fully saturated rings. The summed E-state index contributed by atoms with van der Waals surface area (Å²) in [5.74, 6) is 1.86. The normalized spacial score (nSPS) is 11.0. The molecule has 0 saturated carbocycles. The molecule has 0 spiro atoms. The lowest BCUT2D eigenvalue weighted by Crippen LogP contribution is -2.08. The maximum atomic E-state index is 11.5. The minimum Gasteiger partial charge on any atom is -0.493 e. The fraction of sp³-hybridized carbons (Fsp3) is 0.278. The van der Waals surface area contributed by atoms with E-state index >= 15 is 0 Å². The van der Waals surface area contributed by atoms with Crippen LogP contribution in [0.25, 0.3) is 12.3 Å². The highest BCUT2D eigenvalue weighted by Crippen LogP contribution is 2.15. The number of aromatic nitrogens is 1. The summed E-state index contributed by atoms with van der Waals surface area (Å²) in [4.78, 5) is 11.5. The molecule has 0 saturated heterocycles. The lowest BCUT2D eigenvalue weighted by atomic mass is 10.2. The third kappa shape index (κ3) is 4.53. The summed E-state index contributed by atoms with van der Waals surface area (Å²) >= 11 is 1.77. The summed E-state index contributed by atoms with van der Waals surface area (Å²) in [5, 5.41) is 0. The van der Waals surface area contributed by atoms with Gasteiger partial charge >= 0.3 is 0 Å². The van der Waals surface area contributed by atoms with Crippen LogP contribution in [0, 0.1) is 13.8 Å². The predicted octanol–water partition coefficient (Wildman–Crippen LogP) is 3.83. The van der Waals surface area contributed by atoms with Crippen molar-refractivity contribution < 1.29 is 4.74 Å². The van der Waals surface area contributed by atoms with Crippen LogP contribution in [-0.4, -0.2) is 23.2 Å². The van der Waals surface area contributed by atoms with E-state index in [1.54, 1.807) is 23.9 Å². The zero-order valence-corrected chi connectivity index (χ0v) is 14.0. The van der Waals surface area contributed by atoms with E-state index in [1.807, 2.05) is 55.0 Å². The first-order chi connectivity index (χ1) is 10.6. The zero-order valence-electron chi connectivity index (χ0n) is 13.2. The molecule has 0 aliphatic carbocycles. The van der Waals surface area contributed by atoms with Crippen molar-refractivity contribution in [2.24, 2.45) is 0 Å². The van der Waals surface area contributed by atoms with E-state index in [1.165, 1.54) is 0 Å². The summed E-state index contributed by atoms with van der Waals surface area (Å²) in [7, 11) is 0. The molecule has 4 heteroatoms. The van der Waals surface area contributed by atoms with E-state index in [2.05, 4.69) is 6.26 Å². The highest BCUT2D eigenvalue weighted by molar-refractivity contribution is 7.98. The van der Waals surface area contributed by atoms with Crippen LogP contribution in [0.15, 0.2) is 41.2 Å². The number of pyridine rings is 1. The largest absolute Gasteiger partial charge is 0.493 e. The molecule has 0 bridgehead atoms. The second kappa shape index (κ2) is 7.90. The Kier molecular flexibility index (Phi) is 5.90. The van der Waals surface area contributed by atoms with Crippen molar-refractivity contribution >= 4 is 24.0 Å². The second-order valence-electron chi connectivity index (χ2n) is 5.07. The quantitative estimate of drug-likeness (QED) is 0.759. The van der Waals surface area contributed by atoms with E-state index in [4.69, 9.17) is 4.74 Å². The third-order valence-corrected chi connectivity index (χ3v) is 3.87. The SMILES string of the molecule is CSCCOc1cccc(/C=C/n2c(C)cc(=O)cc2C)c1. The van der Waals surface area contributed by atoms with Crippen LogP contribution in [0.4, 0.5) is 0 Å². The molecule has 0 atom stereocenters. The number of rotatable bonds is 6. The fourth-order valence-electron chi connectivity index (χ4n) is 2.22. The molecule has 0 N–H and O–H groups in total. The number of aryl methyl sites for hydroxylation is 2. The van der Waals surface area contributed by atoms with Gasteiger partial charge in [-0.05, 0) is 43.9 Å². The summed E-state index contributed by atoms with van der Waals surface area (Å²) in [6.45, 7) is 4.58. The van der Waals surface area contributed by atoms with E-state index in [0.717, 1.165) is 28.5 Å². The van der Waals surface area contributed by atoms with Gasteiger partial charge in [0.25, 0.3) is 0 Å². The topological polar surface area (TPSA) is 31.2 Å². The van der Waals surface area contributed by atoms with Crippen LogP contribution in [-0.2, 0) is 0 Å². The van der Waals surface area contributed by atoms with Crippen LogP contribution in [0.3, 0.4) is 0 Å². The average molecular weight is 315 g/mol. The Balaban J connectivity index is 2.17. The van der Waals surface area contributed by atoms with Gasteiger partial charge in [0.05, 0.1) is 6.61 Å². The molecule has 2 rings (SSSR count). The van der Waals surface area contributed by atoms with Crippen molar-refractivity contribution in [2.45, 2.75) is 13.8 Å². The van der Waals surface area contributed by atoms with Crippen LogP contribution in [0.1, 0.15) is 17.0 Å². The molecule has 1 aromatic heterocycles. The van der Waals surface area contributed by atoms with Gasteiger partial charge in [-0.15, -0.1) is 0 Å². The fourth-order valence-corrected chi connectivity index (χ4v) is 2.47. The van der Waals surface area contributed by atoms with Crippen LogP contribution >= 0.6 is 11.8 Å². The van der Waals surface area contributed by atoms with Crippen LogP contribution < -0.4 is 10.2 Å².